The van der Waals surface area contributed by atoms with Gasteiger partial charge in [0.1, 0.15) is 5.01 Å². The molecule has 0 saturated carbocycles. The average molecular weight is 287 g/mol. The van der Waals surface area contributed by atoms with Crippen LogP contribution in [0.5, 0.6) is 0 Å². The van der Waals surface area contributed by atoms with Crippen molar-refractivity contribution in [3.05, 3.63) is 52.2 Å². The monoisotopic (exact) mass is 287 g/mol. The van der Waals surface area contributed by atoms with Crippen LogP contribution in [0.25, 0.3) is 10.6 Å². The van der Waals surface area contributed by atoms with Crippen molar-refractivity contribution in [3.63, 3.8) is 0 Å². The van der Waals surface area contributed by atoms with E-state index in [0.29, 0.717) is 0 Å². The number of hydrogen-bond acceptors (Lipinski definition) is 5. The van der Waals surface area contributed by atoms with Crippen molar-refractivity contribution in [3.8, 4) is 10.6 Å². The summed E-state index contributed by atoms with van der Waals surface area (Å²) in [6, 6.07) is 10.2. The highest BCUT2D eigenvalue weighted by atomic mass is 32.1. The lowest BCUT2D eigenvalue weighted by atomic mass is 10.2. The van der Waals surface area contributed by atoms with E-state index in [2.05, 4.69) is 34.6 Å². The first kappa shape index (κ1) is 12.2. The van der Waals surface area contributed by atoms with E-state index in [-0.39, 0.29) is 0 Å². The molecule has 0 amide bonds. The predicted octanol–water partition coefficient (Wildman–Crippen LogP) is 4.07. The molecule has 0 aliphatic heterocycles. The van der Waals surface area contributed by atoms with E-state index in [4.69, 9.17) is 5.73 Å². The third-order valence-electron chi connectivity index (χ3n) is 2.80. The van der Waals surface area contributed by atoms with E-state index in [1.807, 2.05) is 23.0 Å². The van der Waals surface area contributed by atoms with Crippen LogP contribution < -0.4 is 11.1 Å². The SMILES string of the molecule is Nc1ccsc1CNc1ccc(-c2nccs2)cc1. The minimum atomic E-state index is 0.764. The van der Waals surface area contributed by atoms with Gasteiger partial charge in [0.25, 0.3) is 0 Å². The molecular weight excluding hydrogens is 274 g/mol. The van der Waals surface area contributed by atoms with Crippen LogP contribution in [0, 0.1) is 0 Å². The van der Waals surface area contributed by atoms with Crippen LogP contribution in [0.1, 0.15) is 4.88 Å². The number of anilines is 2. The second-order valence-corrected chi connectivity index (χ2v) is 5.96. The molecule has 0 fully saturated rings. The van der Waals surface area contributed by atoms with Crippen LogP contribution in [0.2, 0.25) is 0 Å². The van der Waals surface area contributed by atoms with Gasteiger partial charge >= 0.3 is 0 Å². The van der Waals surface area contributed by atoms with Gasteiger partial charge < -0.3 is 11.1 Å². The van der Waals surface area contributed by atoms with Crippen molar-refractivity contribution in [1.82, 2.24) is 4.98 Å². The summed E-state index contributed by atoms with van der Waals surface area (Å²) in [5, 5.41) is 8.42. The van der Waals surface area contributed by atoms with Crippen LogP contribution in [-0.4, -0.2) is 4.98 Å². The molecule has 0 radical (unpaired) electrons. The van der Waals surface area contributed by atoms with E-state index in [0.717, 1.165) is 28.5 Å². The summed E-state index contributed by atoms with van der Waals surface area (Å²) in [6.07, 6.45) is 1.83. The highest BCUT2D eigenvalue weighted by molar-refractivity contribution is 7.13. The topological polar surface area (TPSA) is 50.9 Å². The van der Waals surface area contributed by atoms with Crippen molar-refractivity contribution < 1.29 is 0 Å². The Morgan fingerprint density at radius 1 is 1.05 bits per heavy atom. The van der Waals surface area contributed by atoms with Crippen molar-refractivity contribution in [1.29, 1.82) is 0 Å². The van der Waals surface area contributed by atoms with Gasteiger partial charge in [0.05, 0.1) is 6.54 Å². The van der Waals surface area contributed by atoms with Gasteiger partial charge in [-0.2, -0.15) is 0 Å². The van der Waals surface area contributed by atoms with Crippen LogP contribution in [-0.2, 0) is 6.54 Å². The summed E-state index contributed by atoms with van der Waals surface area (Å²) in [6.45, 7) is 0.764. The van der Waals surface area contributed by atoms with Crippen LogP contribution >= 0.6 is 22.7 Å². The summed E-state index contributed by atoms with van der Waals surface area (Å²) in [5.74, 6) is 0. The van der Waals surface area contributed by atoms with Gasteiger partial charge in [-0.3, -0.25) is 0 Å². The van der Waals surface area contributed by atoms with Crippen molar-refractivity contribution in [2.24, 2.45) is 0 Å². The standard InChI is InChI=1S/C14H13N3S2/c15-12-5-7-18-13(12)9-17-11-3-1-10(2-4-11)14-16-6-8-19-14/h1-8,17H,9,15H2. The second kappa shape index (κ2) is 5.42. The van der Waals surface area contributed by atoms with Crippen molar-refractivity contribution in [2.45, 2.75) is 6.54 Å². The fourth-order valence-electron chi connectivity index (χ4n) is 1.77. The third kappa shape index (κ3) is 2.77. The van der Waals surface area contributed by atoms with E-state index < -0.39 is 0 Å². The molecule has 3 N–H and O–H groups in total. The molecule has 0 unspecified atom stereocenters. The van der Waals surface area contributed by atoms with Gasteiger partial charge in [-0.25, -0.2) is 4.98 Å². The molecule has 5 heteroatoms. The minimum Gasteiger partial charge on any atom is -0.398 e. The van der Waals surface area contributed by atoms with Gasteiger partial charge in [0, 0.05) is 33.4 Å². The molecule has 0 bridgehead atoms. The van der Waals surface area contributed by atoms with Gasteiger partial charge in [-0.15, -0.1) is 22.7 Å². The molecule has 1 aromatic carbocycles. The normalized spacial score (nSPS) is 10.5. The van der Waals surface area contributed by atoms with Crippen LogP contribution in [0.15, 0.2) is 47.3 Å². The molecular formula is C14H13N3S2. The van der Waals surface area contributed by atoms with Gasteiger partial charge in [0.15, 0.2) is 0 Å². The number of benzene rings is 1. The van der Waals surface area contributed by atoms with Crippen LogP contribution in [0.4, 0.5) is 11.4 Å². The molecule has 3 nitrogen and oxygen atoms in total. The maximum absolute atomic E-state index is 5.86. The zero-order chi connectivity index (χ0) is 13.1. The first-order valence-corrected chi connectivity index (χ1v) is 7.64. The average Bonchev–Trinajstić information content (AvgIpc) is 3.09. The molecule has 0 spiro atoms. The maximum Gasteiger partial charge on any atom is 0.123 e. The number of thiophene rings is 1. The predicted molar refractivity (Wildman–Crippen MR) is 83.6 cm³/mol. The molecule has 96 valence electrons. The number of nitrogen functional groups attached to an aromatic ring is 1. The fourth-order valence-corrected chi connectivity index (χ4v) is 3.16. The van der Waals surface area contributed by atoms with E-state index in [1.165, 1.54) is 4.88 Å². The first-order valence-electron chi connectivity index (χ1n) is 5.88. The minimum absolute atomic E-state index is 0.764. The zero-order valence-corrected chi connectivity index (χ0v) is 11.8. The molecule has 3 rings (SSSR count). The number of rotatable bonds is 4. The summed E-state index contributed by atoms with van der Waals surface area (Å²) in [5.41, 5.74) is 8.95. The Balaban J connectivity index is 1.68. The number of nitrogens with one attached hydrogen (secondary N) is 1. The number of hydrogen-bond donors (Lipinski definition) is 2. The maximum atomic E-state index is 5.86. The lowest BCUT2D eigenvalue weighted by Crippen LogP contribution is -1.99. The highest BCUT2D eigenvalue weighted by Gasteiger charge is 2.02. The molecule has 2 aromatic heterocycles. The number of nitrogens with zero attached hydrogens (tertiary/aromatic N) is 1. The van der Waals surface area contributed by atoms with E-state index in [1.54, 1.807) is 22.7 Å². The van der Waals surface area contributed by atoms with Crippen LogP contribution in [0.3, 0.4) is 0 Å². The summed E-state index contributed by atoms with van der Waals surface area (Å²) >= 11 is 3.32. The molecule has 0 atom stereocenters. The van der Waals surface area contributed by atoms with E-state index in [9.17, 15) is 0 Å². The Morgan fingerprint density at radius 2 is 1.89 bits per heavy atom. The molecule has 19 heavy (non-hydrogen) atoms. The quantitative estimate of drug-likeness (QED) is 0.760. The number of nitrogens with two attached hydrogens (primary N) is 1. The lowest BCUT2D eigenvalue weighted by Gasteiger charge is -2.06. The highest BCUT2D eigenvalue weighted by Crippen LogP contribution is 2.24. The summed E-state index contributed by atoms with van der Waals surface area (Å²) in [7, 11) is 0. The Morgan fingerprint density at radius 3 is 2.53 bits per heavy atom. The fraction of sp³-hybridized carbons (Fsp3) is 0.0714. The van der Waals surface area contributed by atoms with Gasteiger partial charge in [0.2, 0.25) is 0 Å². The molecule has 2 heterocycles. The Kier molecular flexibility index (Phi) is 3.48. The molecule has 0 aliphatic carbocycles. The molecule has 0 aliphatic rings. The Labute approximate surface area is 119 Å². The van der Waals surface area contributed by atoms with Gasteiger partial charge in [-0.1, -0.05) is 0 Å². The van der Waals surface area contributed by atoms with Crippen molar-refractivity contribution in [2.75, 3.05) is 11.1 Å². The largest absolute Gasteiger partial charge is 0.398 e. The molecule has 0 saturated heterocycles. The smallest absolute Gasteiger partial charge is 0.123 e. The third-order valence-corrected chi connectivity index (χ3v) is 4.56. The molecule has 3 aromatic rings. The zero-order valence-electron chi connectivity index (χ0n) is 10.2. The summed E-state index contributed by atoms with van der Waals surface area (Å²) < 4.78 is 0. The number of aromatic nitrogens is 1. The van der Waals surface area contributed by atoms with Gasteiger partial charge in [-0.05, 0) is 35.7 Å². The van der Waals surface area contributed by atoms with Crippen molar-refractivity contribution >= 4 is 34.0 Å². The second-order valence-electron chi connectivity index (χ2n) is 4.07. The Bertz CT molecular complexity index is 642. The lowest BCUT2D eigenvalue weighted by molar-refractivity contribution is 1.20. The Hall–Kier alpha value is -1.85. The first-order chi connectivity index (χ1) is 9.33. The van der Waals surface area contributed by atoms with E-state index >= 15 is 0 Å². The summed E-state index contributed by atoms with van der Waals surface area (Å²) in [4.78, 5) is 5.47. The number of thiazole rings is 1.